The number of piperazine rings is 1. The number of nitrogens with one attached hydrogen (secondary N) is 3. The van der Waals surface area contributed by atoms with E-state index in [1.54, 1.807) is 42.9 Å². The fraction of sp³-hybridized carbons (Fsp3) is 0.280. The second kappa shape index (κ2) is 13.1. The minimum Gasteiger partial charge on any atom is -0.435 e. The summed E-state index contributed by atoms with van der Waals surface area (Å²) < 4.78 is 29.1. The van der Waals surface area contributed by atoms with Gasteiger partial charge in [-0.25, -0.2) is 4.98 Å². The number of alkyl halides is 2. The number of carbonyl (C=O) groups excluding carboxylic acids is 2. The summed E-state index contributed by atoms with van der Waals surface area (Å²) in [4.78, 5) is 36.5. The fourth-order valence-corrected chi connectivity index (χ4v) is 4.79. The van der Waals surface area contributed by atoms with Crippen molar-refractivity contribution in [1.29, 1.82) is 0 Å². The van der Waals surface area contributed by atoms with Gasteiger partial charge in [-0.05, 0) is 54.1 Å². The molecule has 1 aliphatic rings. The van der Waals surface area contributed by atoms with Crippen LogP contribution in [0.25, 0.3) is 0 Å². The van der Waals surface area contributed by atoms with E-state index in [0.29, 0.717) is 16.3 Å². The highest BCUT2D eigenvalue weighted by atomic mass is 32.2. The zero-order valence-electron chi connectivity index (χ0n) is 19.8. The first-order chi connectivity index (χ1) is 18.0. The highest BCUT2D eigenvalue weighted by molar-refractivity contribution is 7.99. The van der Waals surface area contributed by atoms with Crippen molar-refractivity contribution in [3.05, 3.63) is 78.2 Å². The molecule has 1 unspecified atom stereocenters. The van der Waals surface area contributed by atoms with Gasteiger partial charge in [0.2, 0.25) is 5.91 Å². The molecule has 2 aromatic heterocycles. The zero-order chi connectivity index (χ0) is 26.0. The second-order valence-corrected chi connectivity index (χ2v) is 9.18. The average molecular weight is 529 g/mol. The molecular formula is C25H26F2N6O3S. The van der Waals surface area contributed by atoms with Crippen molar-refractivity contribution < 1.29 is 23.1 Å². The number of hydrogen-bond donors (Lipinski definition) is 3. The normalized spacial score (nSPS) is 14.7. The van der Waals surface area contributed by atoms with E-state index >= 15 is 0 Å². The molecule has 1 fully saturated rings. The van der Waals surface area contributed by atoms with Gasteiger partial charge in [-0.15, -0.1) is 0 Å². The molecular weight excluding hydrogens is 502 g/mol. The van der Waals surface area contributed by atoms with Gasteiger partial charge in [-0.3, -0.25) is 19.5 Å². The number of anilines is 1. The molecule has 3 aromatic rings. The number of pyridine rings is 2. The Labute approximate surface area is 217 Å². The first-order valence-corrected chi connectivity index (χ1v) is 12.5. The van der Waals surface area contributed by atoms with Gasteiger partial charge in [0, 0.05) is 50.5 Å². The van der Waals surface area contributed by atoms with Crippen LogP contribution in [0.2, 0.25) is 0 Å². The van der Waals surface area contributed by atoms with E-state index in [1.165, 1.54) is 36.0 Å². The van der Waals surface area contributed by atoms with Crippen molar-refractivity contribution in [2.75, 3.05) is 38.0 Å². The Kier molecular flexibility index (Phi) is 9.35. The summed E-state index contributed by atoms with van der Waals surface area (Å²) in [5, 5.41) is 8.97. The second-order valence-electron chi connectivity index (χ2n) is 8.09. The van der Waals surface area contributed by atoms with Gasteiger partial charge < -0.3 is 20.7 Å². The van der Waals surface area contributed by atoms with E-state index in [4.69, 9.17) is 0 Å². The van der Waals surface area contributed by atoms with Crippen molar-refractivity contribution in [3.63, 3.8) is 0 Å². The predicted octanol–water partition coefficient (Wildman–Crippen LogP) is 3.14. The molecule has 1 aliphatic heterocycles. The molecule has 1 atom stereocenters. The lowest BCUT2D eigenvalue weighted by Crippen LogP contribution is -2.47. The lowest BCUT2D eigenvalue weighted by Gasteiger charge is -2.27. The quantitative estimate of drug-likeness (QED) is 0.272. The first kappa shape index (κ1) is 26.5. The largest absolute Gasteiger partial charge is 0.435 e. The smallest absolute Gasteiger partial charge is 0.387 e. The fourth-order valence-electron chi connectivity index (χ4n) is 3.67. The van der Waals surface area contributed by atoms with Gasteiger partial charge in [0.05, 0.1) is 12.1 Å². The molecule has 3 N–H and O–H groups in total. The summed E-state index contributed by atoms with van der Waals surface area (Å²) in [6.07, 6.45) is 4.85. The Morgan fingerprint density at radius 3 is 2.49 bits per heavy atom. The molecule has 194 valence electrons. The van der Waals surface area contributed by atoms with Crippen LogP contribution >= 0.6 is 11.8 Å². The zero-order valence-corrected chi connectivity index (χ0v) is 20.6. The number of carbonyl (C=O) groups is 2. The monoisotopic (exact) mass is 528 g/mol. The van der Waals surface area contributed by atoms with Crippen molar-refractivity contribution in [2.24, 2.45) is 0 Å². The molecule has 3 heterocycles. The number of halogens is 2. The Morgan fingerprint density at radius 2 is 1.78 bits per heavy atom. The van der Waals surface area contributed by atoms with E-state index in [1.807, 2.05) is 0 Å². The van der Waals surface area contributed by atoms with Crippen LogP contribution in [0.1, 0.15) is 21.3 Å². The molecule has 2 amide bonds. The van der Waals surface area contributed by atoms with Gasteiger partial charge in [0.25, 0.3) is 5.91 Å². The van der Waals surface area contributed by atoms with E-state index < -0.39 is 17.9 Å². The highest BCUT2D eigenvalue weighted by Gasteiger charge is 2.22. The summed E-state index contributed by atoms with van der Waals surface area (Å²) >= 11 is 1.24. The highest BCUT2D eigenvalue weighted by Crippen LogP contribution is 2.34. The number of benzene rings is 1. The molecule has 0 aliphatic carbocycles. The summed E-state index contributed by atoms with van der Waals surface area (Å²) in [5.74, 6) is -0.578. The third-order valence-electron chi connectivity index (χ3n) is 5.46. The van der Waals surface area contributed by atoms with Crippen LogP contribution in [0, 0.1) is 0 Å². The maximum absolute atomic E-state index is 13.1. The number of thioether (sulfide) groups is 1. The maximum atomic E-state index is 13.1. The van der Waals surface area contributed by atoms with Gasteiger partial charge in [0.1, 0.15) is 16.1 Å². The van der Waals surface area contributed by atoms with Crippen molar-refractivity contribution >= 4 is 29.3 Å². The molecule has 0 bridgehead atoms. The number of hydrogen-bond acceptors (Lipinski definition) is 8. The summed E-state index contributed by atoms with van der Waals surface area (Å²) in [7, 11) is 0. The number of aromatic nitrogens is 2. The van der Waals surface area contributed by atoms with Crippen LogP contribution in [-0.4, -0.2) is 66.0 Å². The lowest BCUT2D eigenvalue weighted by molar-refractivity contribution is -0.122. The van der Waals surface area contributed by atoms with Gasteiger partial charge in [-0.1, -0.05) is 11.8 Å². The van der Waals surface area contributed by atoms with Crippen molar-refractivity contribution in [1.82, 2.24) is 25.5 Å². The van der Waals surface area contributed by atoms with Crippen LogP contribution in [0.5, 0.6) is 5.75 Å². The van der Waals surface area contributed by atoms with Gasteiger partial charge in [0.15, 0.2) is 0 Å². The topological polar surface area (TPSA) is 108 Å². The third-order valence-corrected chi connectivity index (χ3v) is 6.63. The average Bonchev–Trinajstić information content (AvgIpc) is 2.90. The molecule has 12 heteroatoms. The molecule has 1 saturated heterocycles. The SMILES string of the molecule is O=C(CN1CCNCC1)NC(Sc1ncccc1C(=O)Nc1ccc(OC(F)F)cc1)c1ccncc1. The molecule has 9 nitrogen and oxygen atoms in total. The van der Waals surface area contributed by atoms with Gasteiger partial charge in [-0.2, -0.15) is 8.78 Å². The van der Waals surface area contributed by atoms with Gasteiger partial charge >= 0.3 is 6.61 Å². The Morgan fingerprint density at radius 1 is 1.05 bits per heavy atom. The Balaban J connectivity index is 1.48. The maximum Gasteiger partial charge on any atom is 0.387 e. The third kappa shape index (κ3) is 7.94. The molecule has 0 saturated carbocycles. The first-order valence-electron chi connectivity index (χ1n) is 11.6. The standard InChI is InChI=1S/C25H26F2N6O3S/c26-25(27)36-19-5-3-18(4-6-19)31-22(35)20-2-1-9-30-24(20)37-23(17-7-10-28-11-8-17)32-21(34)16-33-14-12-29-13-15-33/h1-11,23,25,29H,12-16H2,(H,31,35)(H,32,34). The number of nitrogens with zero attached hydrogens (tertiary/aromatic N) is 3. The van der Waals surface area contributed by atoms with E-state index in [9.17, 15) is 18.4 Å². The van der Waals surface area contributed by atoms with Crippen LogP contribution in [0.15, 0.2) is 72.1 Å². The Bertz CT molecular complexity index is 1180. The van der Waals surface area contributed by atoms with Crippen molar-refractivity contribution in [2.45, 2.75) is 17.0 Å². The molecule has 0 spiro atoms. The van der Waals surface area contributed by atoms with E-state index in [0.717, 1.165) is 31.7 Å². The number of ether oxygens (including phenoxy) is 1. The van der Waals surface area contributed by atoms with E-state index in [-0.39, 0.29) is 18.2 Å². The van der Waals surface area contributed by atoms with E-state index in [2.05, 4.69) is 35.6 Å². The minimum absolute atomic E-state index is 0.0117. The minimum atomic E-state index is -2.93. The van der Waals surface area contributed by atoms with Crippen LogP contribution < -0.4 is 20.7 Å². The van der Waals surface area contributed by atoms with Crippen LogP contribution in [-0.2, 0) is 4.79 Å². The number of rotatable bonds is 10. The number of amides is 2. The lowest BCUT2D eigenvalue weighted by atomic mass is 10.2. The molecule has 37 heavy (non-hydrogen) atoms. The molecule has 0 radical (unpaired) electrons. The summed E-state index contributed by atoms with van der Waals surface area (Å²) in [5.41, 5.74) is 1.51. The van der Waals surface area contributed by atoms with Crippen molar-refractivity contribution in [3.8, 4) is 5.75 Å². The van der Waals surface area contributed by atoms with Crippen LogP contribution in [0.4, 0.5) is 14.5 Å². The molecule has 1 aromatic carbocycles. The van der Waals surface area contributed by atoms with Crippen LogP contribution in [0.3, 0.4) is 0 Å². The molecule has 4 rings (SSSR count). The summed E-state index contributed by atoms with van der Waals surface area (Å²) in [6.45, 7) is 0.598. The summed E-state index contributed by atoms with van der Waals surface area (Å²) in [6, 6.07) is 12.5. The Hall–Kier alpha value is -3.61. The predicted molar refractivity (Wildman–Crippen MR) is 136 cm³/mol.